The van der Waals surface area contributed by atoms with Crippen LogP contribution in [-0.2, 0) is 0 Å². The number of nitrogens with zero attached hydrogens (tertiary/aromatic N) is 2. The van der Waals surface area contributed by atoms with E-state index in [1.54, 1.807) is 18.4 Å². The Labute approximate surface area is 162 Å². The van der Waals surface area contributed by atoms with E-state index < -0.39 is 0 Å². The van der Waals surface area contributed by atoms with Gasteiger partial charge in [0.25, 0.3) is 5.91 Å². The molecular weight excluding hydrogens is 378 g/mol. The Bertz CT molecular complexity index is 1320. The van der Waals surface area contributed by atoms with Crippen molar-refractivity contribution in [2.45, 2.75) is 0 Å². The second-order valence-corrected chi connectivity index (χ2v) is 7.87. The number of rotatable bonds is 3. The first-order chi connectivity index (χ1) is 13.2. The van der Waals surface area contributed by atoms with E-state index >= 15 is 0 Å². The van der Waals surface area contributed by atoms with Gasteiger partial charge in [0, 0.05) is 0 Å². The molecule has 5 aromatic rings. The fourth-order valence-corrected chi connectivity index (χ4v) is 4.80. The Morgan fingerprint density at radius 1 is 1.11 bits per heavy atom. The molecule has 27 heavy (non-hydrogen) atoms. The Balaban J connectivity index is 1.55. The quantitative estimate of drug-likeness (QED) is 0.452. The van der Waals surface area contributed by atoms with Crippen LogP contribution in [0, 0.1) is 0 Å². The molecule has 1 amide bonds. The molecule has 7 heteroatoms. The Morgan fingerprint density at radius 3 is 2.74 bits per heavy atom. The number of carbonyl (C=O) groups excluding carboxylic acids is 1. The molecule has 2 aromatic heterocycles. The van der Waals surface area contributed by atoms with Gasteiger partial charge in [-0.3, -0.25) is 10.1 Å². The van der Waals surface area contributed by atoms with Crippen molar-refractivity contribution in [3.8, 4) is 5.75 Å². The van der Waals surface area contributed by atoms with Crippen LogP contribution in [0.2, 0.25) is 0 Å². The minimum atomic E-state index is -0.244. The van der Waals surface area contributed by atoms with E-state index in [1.165, 1.54) is 11.3 Å². The van der Waals surface area contributed by atoms with Crippen LogP contribution >= 0.6 is 22.7 Å². The molecule has 0 bridgehead atoms. The predicted octanol–water partition coefficient (Wildman–Crippen LogP) is 5.32. The summed E-state index contributed by atoms with van der Waals surface area (Å²) in [6.45, 7) is 0. The van der Waals surface area contributed by atoms with Gasteiger partial charge in [0.15, 0.2) is 5.13 Å². The molecule has 0 aliphatic carbocycles. The van der Waals surface area contributed by atoms with Gasteiger partial charge in [-0.05, 0) is 35.0 Å². The molecule has 1 N–H and O–H groups in total. The first kappa shape index (κ1) is 16.2. The van der Waals surface area contributed by atoms with Crippen LogP contribution in [0.3, 0.4) is 0 Å². The fraction of sp³-hybridized carbons (Fsp3) is 0.0500. The summed E-state index contributed by atoms with van der Waals surface area (Å²) in [4.78, 5) is 21.8. The van der Waals surface area contributed by atoms with Crippen LogP contribution in [0.25, 0.3) is 31.2 Å². The van der Waals surface area contributed by atoms with E-state index in [4.69, 9.17) is 4.74 Å². The molecule has 0 radical (unpaired) electrons. The average molecular weight is 391 g/mol. The molecule has 0 aliphatic rings. The maximum absolute atomic E-state index is 12.9. The Kier molecular flexibility index (Phi) is 3.77. The molecule has 3 aromatic carbocycles. The van der Waals surface area contributed by atoms with Crippen molar-refractivity contribution in [1.29, 1.82) is 0 Å². The van der Waals surface area contributed by atoms with Crippen molar-refractivity contribution in [3.05, 3.63) is 59.6 Å². The third kappa shape index (κ3) is 2.72. The standard InChI is InChI=1S/C20H13N3O2S2/c1-25-15-9-12-5-3-2-4-11(12)8-13(15)19(24)23-20-22-14-6-7-16-17(18(14)27-20)21-10-26-16/h2-10H,1H3,(H,22,23,24). The van der Waals surface area contributed by atoms with Gasteiger partial charge in [0.05, 0.1) is 33.1 Å². The first-order valence-corrected chi connectivity index (χ1v) is 9.93. The predicted molar refractivity (Wildman–Crippen MR) is 111 cm³/mol. The van der Waals surface area contributed by atoms with E-state index in [1.807, 2.05) is 54.0 Å². The smallest absolute Gasteiger partial charge is 0.261 e. The van der Waals surface area contributed by atoms with Crippen molar-refractivity contribution in [2.24, 2.45) is 0 Å². The lowest BCUT2D eigenvalue weighted by Crippen LogP contribution is -2.13. The minimum Gasteiger partial charge on any atom is -0.496 e. The highest BCUT2D eigenvalue weighted by Crippen LogP contribution is 2.34. The number of thiazole rings is 2. The maximum atomic E-state index is 12.9. The Morgan fingerprint density at radius 2 is 1.93 bits per heavy atom. The number of benzene rings is 3. The van der Waals surface area contributed by atoms with Crippen molar-refractivity contribution in [3.63, 3.8) is 0 Å². The molecule has 0 aliphatic heterocycles. The summed E-state index contributed by atoms with van der Waals surface area (Å²) >= 11 is 3.02. The lowest BCUT2D eigenvalue weighted by Gasteiger charge is -2.09. The van der Waals surface area contributed by atoms with Gasteiger partial charge in [-0.15, -0.1) is 11.3 Å². The first-order valence-electron chi connectivity index (χ1n) is 8.24. The van der Waals surface area contributed by atoms with Crippen LogP contribution < -0.4 is 10.1 Å². The highest BCUT2D eigenvalue weighted by Gasteiger charge is 2.17. The molecular formula is C20H13N3O2S2. The largest absolute Gasteiger partial charge is 0.496 e. The van der Waals surface area contributed by atoms with E-state index in [-0.39, 0.29) is 5.91 Å². The average Bonchev–Trinajstić information content (AvgIpc) is 3.32. The van der Waals surface area contributed by atoms with Gasteiger partial charge in [-0.2, -0.15) is 0 Å². The van der Waals surface area contributed by atoms with Crippen molar-refractivity contribution < 1.29 is 9.53 Å². The summed E-state index contributed by atoms with van der Waals surface area (Å²) in [6, 6.07) is 15.6. The molecule has 0 saturated carbocycles. The SMILES string of the molecule is COc1cc2ccccc2cc1C(=O)Nc1nc2ccc3scnc3c2s1. The molecule has 0 atom stereocenters. The molecule has 0 spiro atoms. The Hall–Kier alpha value is -3.03. The third-order valence-electron chi connectivity index (χ3n) is 4.39. The number of hydrogen-bond acceptors (Lipinski definition) is 6. The number of nitrogens with one attached hydrogen (secondary N) is 1. The highest BCUT2D eigenvalue weighted by molar-refractivity contribution is 7.24. The van der Waals surface area contributed by atoms with Crippen LogP contribution in [0.15, 0.2) is 54.0 Å². The van der Waals surface area contributed by atoms with E-state index in [9.17, 15) is 4.79 Å². The highest BCUT2D eigenvalue weighted by atomic mass is 32.1. The van der Waals surface area contributed by atoms with Crippen LogP contribution in [0.5, 0.6) is 5.75 Å². The number of carbonyl (C=O) groups is 1. The maximum Gasteiger partial charge on any atom is 0.261 e. The van der Waals surface area contributed by atoms with E-state index in [2.05, 4.69) is 15.3 Å². The zero-order valence-corrected chi connectivity index (χ0v) is 15.9. The normalized spacial score (nSPS) is 11.3. The van der Waals surface area contributed by atoms with E-state index in [0.717, 1.165) is 31.2 Å². The monoisotopic (exact) mass is 391 g/mol. The second-order valence-electron chi connectivity index (χ2n) is 5.99. The summed E-state index contributed by atoms with van der Waals surface area (Å²) < 4.78 is 7.52. The number of anilines is 1. The molecule has 0 unspecified atom stereocenters. The summed E-state index contributed by atoms with van der Waals surface area (Å²) in [7, 11) is 1.57. The van der Waals surface area contributed by atoms with Gasteiger partial charge in [-0.25, -0.2) is 9.97 Å². The summed E-state index contributed by atoms with van der Waals surface area (Å²) in [5.41, 5.74) is 4.06. The molecule has 5 rings (SSSR count). The van der Waals surface area contributed by atoms with E-state index in [0.29, 0.717) is 16.4 Å². The van der Waals surface area contributed by atoms with Crippen molar-refractivity contribution in [2.75, 3.05) is 12.4 Å². The number of aromatic nitrogens is 2. The minimum absolute atomic E-state index is 0.244. The number of fused-ring (bicyclic) bond motifs is 4. The van der Waals surface area contributed by atoms with Crippen LogP contribution in [0.1, 0.15) is 10.4 Å². The molecule has 5 nitrogen and oxygen atoms in total. The van der Waals surface area contributed by atoms with Crippen LogP contribution in [-0.4, -0.2) is 23.0 Å². The lowest BCUT2D eigenvalue weighted by atomic mass is 10.1. The number of hydrogen-bond donors (Lipinski definition) is 1. The lowest BCUT2D eigenvalue weighted by molar-refractivity contribution is 0.102. The fourth-order valence-electron chi connectivity index (χ4n) is 3.10. The van der Waals surface area contributed by atoms with Gasteiger partial charge in [-0.1, -0.05) is 35.6 Å². The molecule has 0 saturated heterocycles. The number of ether oxygens (including phenoxy) is 1. The third-order valence-corrected chi connectivity index (χ3v) is 6.18. The molecule has 0 fully saturated rings. The summed E-state index contributed by atoms with van der Waals surface area (Å²) in [5.74, 6) is 0.292. The van der Waals surface area contributed by atoms with Gasteiger partial charge >= 0.3 is 0 Å². The van der Waals surface area contributed by atoms with Crippen molar-refractivity contribution >= 4 is 64.9 Å². The topological polar surface area (TPSA) is 64.1 Å². The zero-order chi connectivity index (χ0) is 18.4. The zero-order valence-electron chi connectivity index (χ0n) is 14.2. The number of amides is 1. The van der Waals surface area contributed by atoms with Crippen LogP contribution in [0.4, 0.5) is 5.13 Å². The van der Waals surface area contributed by atoms with Crippen molar-refractivity contribution in [1.82, 2.24) is 9.97 Å². The summed E-state index contributed by atoms with van der Waals surface area (Å²) in [5, 5.41) is 5.46. The molecule has 132 valence electrons. The number of methoxy groups -OCH3 is 1. The van der Waals surface area contributed by atoms with Gasteiger partial charge in [0.1, 0.15) is 11.3 Å². The second kappa shape index (κ2) is 6.29. The molecule has 2 heterocycles. The van der Waals surface area contributed by atoms with Gasteiger partial charge < -0.3 is 4.74 Å². The summed E-state index contributed by atoms with van der Waals surface area (Å²) in [6.07, 6.45) is 0. The van der Waals surface area contributed by atoms with Gasteiger partial charge in [0.2, 0.25) is 0 Å².